The van der Waals surface area contributed by atoms with Crippen LogP contribution in [0.25, 0.3) is 0 Å². The number of nitrogens with one attached hydrogen (secondary N) is 2. The fourth-order valence-corrected chi connectivity index (χ4v) is 3.72. The van der Waals surface area contributed by atoms with E-state index in [0.29, 0.717) is 18.0 Å². The van der Waals surface area contributed by atoms with Gasteiger partial charge in [0.1, 0.15) is 5.75 Å². The van der Waals surface area contributed by atoms with Crippen LogP contribution in [-0.2, 0) is 21.4 Å². The fraction of sp³-hybridized carbons (Fsp3) is 0.174. The molecule has 3 rings (SSSR count). The molecule has 156 valence electrons. The van der Waals surface area contributed by atoms with Crippen molar-refractivity contribution in [3.63, 3.8) is 0 Å². The summed E-state index contributed by atoms with van der Waals surface area (Å²) in [7, 11) is -3.70. The lowest BCUT2D eigenvalue weighted by molar-refractivity contribution is -0.123. The molecule has 0 fully saturated rings. The van der Waals surface area contributed by atoms with Gasteiger partial charge >= 0.3 is 0 Å². The largest absolute Gasteiger partial charge is 0.484 e. The Morgan fingerprint density at radius 3 is 2.00 bits per heavy atom. The number of benzene rings is 3. The van der Waals surface area contributed by atoms with Crippen LogP contribution in [-0.4, -0.2) is 20.9 Å². The van der Waals surface area contributed by atoms with Crippen LogP contribution in [0.5, 0.6) is 5.75 Å². The molecule has 6 nitrogen and oxygen atoms in total. The Morgan fingerprint density at radius 2 is 1.40 bits per heavy atom. The predicted molar refractivity (Wildman–Crippen MR) is 117 cm³/mol. The normalized spacial score (nSPS) is 11.0. The molecule has 0 aliphatic heterocycles. The Bertz CT molecular complexity index is 1090. The first-order chi connectivity index (χ1) is 14.3. The van der Waals surface area contributed by atoms with Gasteiger partial charge in [-0.2, -0.15) is 0 Å². The Labute approximate surface area is 177 Å². The van der Waals surface area contributed by atoms with Gasteiger partial charge in [0, 0.05) is 12.2 Å². The smallest absolute Gasteiger partial charge is 0.261 e. The number of ether oxygens (including phenoxy) is 1. The Hall–Kier alpha value is -3.32. The molecule has 7 heteroatoms. The molecule has 0 atom stereocenters. The number of sulfonamides is 1. The molecular formula is C23H24N2O4S. The van der Waals surface area contributed by atoms with Gasteiger partial charge in [-0.05, 0) is 55.8 Å². The number of carbonyl (C=O) groups excluding carboxylic acids is 1. The molecular weight excluding hydrogens is 400 g/mol. The molecule has 1 amide bonds. The number of carbonyl (C=O) groups is 1. The van der Waals surface area contributed by atoms with Gasteiger partial charge < -0.3 is 10.1 Å². The first kappa shape index (κ1) is 21.4. The third kappa shape index (κ3) is 6.09. The SMILES string of the molecule is Cc1ccc(CNC(=O)COc2ccc(S(=O)(=O)Nc3ccc(C)cc3)cc2)cc1. The third-order valence-corrected chi connectivity index (χ3v) is 5.82. The van der Waals surface area contributed by atoms with Crippen LogP contribution in [0.1, 0.15) is 16.7 Å². The fourth-order valence-electron chi connectivity index (χ4n) is 2.66. The summed E-state index contributed by atoms with van der Waals surface area (Å²) in [6.45, 7) is 4.20. The highest BCUT2D eigenvalue weighted by atomic mass is 32.2. The Morgan fingerprint density at radius 1 is 0.833 bits per heavy atom. The number of anilines is 1. The van der Waals surface area contributed by atoms with Gasteiger partial charge in [0.05, 0.1) is 4.90 Å². The molecule has 3 aromatic carbocycles. The van der Waals surface area contributed by atoms with Gasteiger partial charge in [-0.1, -0.05) is 47.5 Å². The zero-order chi connectivity index (χ0) is 21.6. The molecule has 0 unspecified atom stereocenters. The van der Waals surface area contributed by atoms with E-state index >= 15 is 0 Å². The number of aryl methyl sites for hydroxylation is 2. The zero-order valence-corrected chi connectivity index (χ0v) is 17.7. The highest BCUT2D eigenvalue weighted by molar-refractivity contribution is 7.92. The van der Waals surface area contributed by atoms with E-state index in [9.17, 15) is 13.2 Å². The molecule has 0 saturated heterocycles. The standard InChI is InChI=1S/C23H24N2O4S/c1-17-3-7-19(8-4-17)15-24-23(26)16-29-21-11-13-22(14-12-21)30(27,28)25-20-9-5-18(2)6-10-20/h3-14,25H,15-16H2,1-2H3,(H,24,26). The quantitative estimate of drug-likeness (QED) is 0.576. The van der Waals surface area contributed by atoms with Crippen LogP contribution < -0.4 is 14.8 Å². The number of amides is 1. The van der Waals surface area contributed by atoms with Gasteiger partial charge in [0.25, 0.3) is 15.9 Å². The second-order valence-corrected chi connectivity index (χ2v) is 8.68. The average molecular weight is 425 g/mol. The van der Waals surface area contributed by atoms with Crippen molar-refractivity contribution in [1.82, 2.24) is 5.32 Å². The third-order valence-electron chi connectivity index (χ3n) is 4.42. The maximum Gasteiger partial charge on any atom is 0.261 e. The molecule has 0 spiro atoms. The van der Waals surface area contributed by atoms with Gasteiger partial charge in [0.15, 0.2) is 6.61 Å². The topological polar surface area (TPSA) is 84.5 Å². The minimum atomic E-state index is -3.70. The summed E-state index contributed by atoms with van der Waals surface area (Å²) in [5.74, 6) is 0.156. The van der Waals surface area contributed by atoms with E-state index in [1.807, 2.05) is 50.2 Å². The molecule has 2 N–H and O–H groups in total. The monoisotopic (exact) mass is 424 g/mol. The highest BCUT2D eigenvalue weighted by Crippen LogP contribution is 2.19. The van der Waals surface area contributed by atoms with E-state index in [0.717, 1.165) is 16.7 Å². The van der Waals surface area contributed by atoms with E-state index < -0.39 is 10.0 Å². The minimum Gasteiger partial charge on any atom is -0.484 e. The van der Waals surface area contributed by atoms with Crippen molar-refractivity contribution in [2.45, 2.75) is 25.3 Å². The second kappa shape index (κ2) is 9.45. The summed E-state index contributed by atoms with van der Waals surface area (Å²) in [4.78, 5) is 12.1. The second-order valence-electron chi connectivity index (χ2n) is 6.99. The average Bonchev–Trinajstić information content (AvgIpc) is 2.73. The molecule has 3 aromatic rings. The van der Waals surface area contributed by atoms with E-state index in [1.165, 1.54) is 24.3 Å². The molecule has 0 heterocycles. The molecule has 30 heavy (non-hydrogen) atoms. The minimum absolute atomic E-state index is 0.110. The van der Waals surface area contributed by atoms with Crippen LogP contribution in [0.3, 0.4) is 0 Å². The van der Waals surface area contributed by atoms with Crippen molar-refractivity contribution in [2.24, 2.45) is 0 Å². The molecule has 0 radical (unpaired) electrons. The Balaban J connectivity index is 1.51. The van der Waals surface area contributed by atoms with E-state index in [1.54, 1.807) is 12.1 Å². The molecule has 0 aliphatic carbocycles. The van der Waals surface area contributed by atoms with Crippen LogP contribution in [0.4, 0.5) is 5.69 Å². The van der Waals surface area contributed by atoms with E-state index in [2.05, 4.69) is 10.0 Å². The summed E-state index contributed by atoms with van der Waals surface area (Å²) < 4.78 is 33.0. The van der Waals surface area contributed by atoms with Gasteiger partial charge in [-0.25, -0.2) is 8.42 Å². The van der Waals surface area contributed by atoms with Crippen LogP contribution in [0.15, 0.2) is 77.7 Å². The number of rotatable bonds is 8. The molecule has 0 aliphatic rings. The summed E-state index contributed by atoms with van der Waals surface area (Å²) in [6.07, 6.45) is 0. The van der Waals surface area contributed by atoms with Crippen molar-refractivity contribution in [3.05, 3.63) is 89.5 Å². The summed E-state index contributed by atoms with van der Waals surface area (Å²) >= 11 is 0. The van der Waals surface area contributed by atoms with Gasteiger partial charge in [0.2, 0.25) is 0 Å². The molecule has 0 saturated carbocycles. The predicted octanol–water partition coefficient (Wildman–Crippen LogP) is 3.80. The lowest BCUT2D eigenvalue weighted by Crippen LogP contribution is -2.28. The maximum absolute atomic E-state index is 12.5. The van der Waals surface area contributed by atoms with Crippen LogP contribution in [0, 0.1) is 13.8 Å². The first-order valence-electron chi connectivity index (χ1n) is 9.46. The zero-order valence-electron chi connectivity index (χ0n) is 16.9. The van der Waals surface area contributed by atoms with Crippen LogP contribution >= 0.6 is 0 Å². The van der Waals surface area contributed by atoms with Crippen LogP contribution in [0.2, 0.25) is 0 Å². The van der Waals surface area contributed by atoms with Crippen molar-refractivity contribution in [3.8, 4) is 5.75 Å². The number of hydrogen-bond acceptors (Lipinski definition) is 4. The van der Waals surface area contributed by atoms with E-state index in [4.69, 9.17) is 4.74 Å². The maximum atomic E-state index is 12.5. The van der Waals surface area contributed by atoms with Gasteiger partial charge in [-0.15, -0.1) is 0 Å². The summed E-state index contributed by atoms with van der Waals surface area (Å²) in [6, 6.07) is 20.9. The van der Waals surface area contributed by atoms with E-state index in [-0.39, 0.29) is 17.4 Å². The van der Waals surface area contributed by atoms with Gasteiger partial charge in [-0.3, -0.25) is 9.52 Å². The highest BCUT2D eigenvalue weighted by Gasteiger charge is 2.14. The summed E-state index contributed by atoms with van der Waals surface area (Å²) in [5, 5.41) is 2.79. The van der Waals surface area contributed by atoms with Crippen molar-refractivity contribution in [1.29, 1.82) is 0 Å². The molecule has 0 bridgehead atoms. The number of hydrogen-bond donors (Lipinski definition) is 2. The van der Waals surface area contributed by atoms with Crippen molar-refractivity contribution in [2.75, 3.05) is 11.3 Å². The molecule has 0 aromatic heterocycles. The first-order valence-corrected chi connectivity index (χ1v) is 10.9. The summed E-state index contributed by atoms with van der Waals surface area (Å²) in [5.41, 5.74) is 3.70. The van der Waals surface area contributed by atoms with Crippen molar-refractivity contribution < 1.29 is 17.9 Å². The lowest BCUT2D eigenvalue weighted by Gasteiger charge is -2.10. The van der Waals surface area contributed by atoms with Crippen molar-refractivity contribution >= 4 is 21.6 Å². The Kier molecular flexibility index (Phi) is 6.74. The lowest BCUT2D eigenvalue weighted by atomic mass is 10.1.